The normalized spacial score (nSPS) is 19.6. The summed E-state index contributed by atoms with van der Waals surface area (Å²) in [5.41, 5.74) is 5.15. The van der Waals surface area contributed by atoms with Crippen molar-refractivity contribution in [3.05, 3.63) is 47.7 Å². The van der Waals surface area contributed by atoms with Crippen LogP contribution in [0.3, 0.4) is 0 Å². The summed E-state index contributed by atoms with van der Waals surface area (Å²) in [5.74, 6) is 0. The predicted molar refractivity (Wildman–Crippen MR) is 46.1 cm³/mol. The zero-order chi connectivity index (χ0) is 7.52. The van der Waals surface area contributed by atoms with E-state index in [-0.39, 0.29) is 0 Å². The van der Waals surface area contributed by atoms with E-state index in [4.69, 9.17) is 0 Å². The molecule has 0 aromatic carbocycles. The summed E-state index contributed by atoms with van der Waals surface area (Å²) in [6.07, 6.45) is 13.8. The Morgan fingerprint density at radius 2 is 2.09 bits per heavy atom. The van der Waals surface area contributed by atoms with E-state index in [0.29, 0.717) is 0 Å². The van der Waals surface area contributed by atoms with Crippen LogP contribution in [0, 0.1) is 0 Å². The van der Waals surface area contributed by atoms with Crippen LogP contribution in [0.15, 0.2) is 52.8 Å². The van der Waals surface area contributed by atoms with Crippen LogP contribution in [0.5, 0.6) is 0 Å². The van der Waals surface area contributed by atoms with Crippen LogP contribution in [0.1, 0.15) is 0 Å². The third-order valence-corrected chi connectivity index (χ3v) is 1.59. The van der Waals surface area contributed by atoms with Crippen molar-refractivity contribution in [2.75, 3.05) is 0 Å². The first-order valence-electron chi connectivity index (χ1n) is 3.51. The molecule has 1 N–H and O–H groups in total. The summed E-state index contributed by atoms with van der Waals surface area (Å²) in [6, 6.07) is 0. The number of allylic oxidation sites excluding steroid dienone is 6. The molecule has 54 valence electrons. The van der Waals surface area contributed by atoms with Crippen LogP contribution in [-0.4, -0.2) is 6.21 Å². The number of nitrogens with one attached hydrogen (secondary N) is 1. The molecule has 0 radical (unpaired) electrons. The molecule has 0 fully saturated rings. The average Bonchev–Trinajstić information content (AvgIpc) is 2.28. The minimum atomic E-state index is 1.05. The molecule has 0 aromatic heterocycles. The first-order chi connectivity index (χ1) is 5.47. The van der Waals surface area contributed by atoms with Gasteiger partial charge in [0.05, 0.1) is 5.70 Å². The van der Waals surface area contributed by atoms with Gasteiger partial charge in [-0.05, 0) is 12.2 Å². The van der Waals surface area contributed by atoms with Gasteiger partial charge in [-0.2, -0.15) is 5.10 Å². The van der Waals surface area contributed by atoms with E-state index in [1.807, 2.05) is 36.5 Å². The molecule has 11 heavy (non-hydrogen) atoms. The Balaban J connectivity index is 2.44. The zero-order valence-electron chi connectivity index (χ0n) is 5.99. The lowest BCUT2D eigenvalue weighted by molar-refractivity contribution is 0.903. The number of hydrogen-bond donors (Lipinski definition) is 1. The number of hydrogen-bond acceptors (Lipinski definition) is 2. The smallest absolute Gasteiger partial charge is 0.0634 e. The van der Waals surface area contributed by atoms with Crippen LogP contribution in [0.4, 0.5) is 0 Å². The molecule has 0 saturated carbocycles. The number of nitrogens with zero attached hydrogens (tertiary/aromatic N) is 1. The highest BCUT2D eigenvalue weighted by atomic mass is 15.3. The summed E-state index contributed by atoms with van der Waals surface area (Å²) in [4.78, 5) is 0. The van der Waals surface area contributed by atoms with E-state index >= 15 is 0 Å². The lowest BCUT2D eigenvalue weighted by Gasteiger charge is -2.08. The lowest BCUT2D eigenvalue weighted by atomic mass is 10.1. The fraction of sp³-hybridized carbons (Fsp3) is 0. The third-order valence-electron chi connectivity index (χ3n) is 1.59. The van der Waals surface area contributed by atoms with Crippen molar-refractivity contribution in [2.24, 2.45) is 5.10 Å². The molecule has 2 nitrogen and oxygen atoms in total. The Hall–Kier alpha value is -1.57. The molecule has 1 aliphatic heterocycles. The molecule has 0 atom stereocenters. The topological polar surface area (TPSA) is 24.4 Å². The van der Waals surface area contributed by atoms with Gasteiger partial charge in [-0.25, -0.2) is 0 Å². The average molecular weight is 144 g/mol. The molecule has 1 aliphatic carbocycles. The molecule has 0 unspecified atom stereocenters. The summed E-state index contributed by atoms with van der Waals surface area (Å²) in [5, 5.41) is 3.92. The minimum Gasteiger partial charge on any atom is -0.278 e. The first-order valence-corrected chi connectivity index (χ1v) is 3.51. The Morgan fingerprint density at radius 3 is 3.09 bits per heavy atom. The third kappa shape index (κ3) is 1.15. The SMILES string of the molecule is C1=CC=C2NN=CC=C2C=C1. The van der Waals surface area contributed by atoms with Gasteiger partial charge in [-0.1, -0.05) is 24.3 Å². The molecule has 0 saturated heterocycles. The molecule has 0 bridgehead atoms. The van der Waals surface area contributed by atoms with Crippen molar-refractivity contribution in [1.29, 1.82) is 0 Å². The van der Waals surface area contributed by atoms with Gasteiger partial charge in [-0.15, -0.1) is 0 Å². The molecule has 1 heterocycles. The fourth-order valence-electron chi connectivity index (χ4n) is 1.03. The Kier molecular flexibility index (Phi) is 1.44. The molecule has 2 rings (SSSR count). The number of fused-ring (bicyclic) bond motifs is 1. The highest BCUT2D eigenvalue weighted by molar-refractivity contribution is 5.76. The van der Waals surface area contributed by atoms with E-state index in [9.17, 15) is 0 Å². The standard InChI is InChI=1S/C9H8N2/c1-2-4-8-6-7-10-11-9(8)5-3-1/h1-7,11H. The van der Waals surface area contributed by atoms with Gasteiger partial charge < -0.3 is 0 Å². The molecular formula is C9H8N2. The largest absolute Gasteiger partial charge is 0.278 e. The van der Waals surface area contributed by atoms with Crippen molar-refractivity contribution >= 4 is 6.21 Å². The summed E-state index contributed by atoms with van der Waals surface area (Å²) >= 11 is 0. The van der Waals surface area contributed by atoms with E-state index in [0.717, 1.165) is 5.70 Å². The number of rotatable bonds is 0. The molecule has 0 spiro atoms. The van der Waals surface area contributed by atoms with E-state index in [1.165, 1.54) is 5.57 Å². The summed E-state index contributed by atoms with van der Waals surface area (Å²) in [6.45, 7) is 0. The van der Waals surface area contributed by atoms with Crippen LogP contribution in [-0.2, 0) is 0 Å². The maximum atomic E-state index is 3.92. The highest BCUT2D eigenvalue weighted by Crippen LogP contribution is 2.13. The van der Waals surface area contributed by atoms with Gasteiger partial charge in [0.25, 0.3) is 0 Å². The van der Waals surface area contributed by atoms with Gasteiger partial charge >= 0.3 is 0 Å². The highest BCUT2D eigenvalue weighted by Gasteiger charge is 2.02. The molecular weight excluding hydrogens is 136 g/mol. The van der Waals surface area contributed by atoms with Crippen LogP contribution >= 0.6 is 0 Å². The van der Waals surface area contributed by atoms with E-state index < -0.39 is 0 Å². The second-order valence-corrected chi connectivity index (χ2v) is 2.34. The lowest BCUT2D eigenvalue weighted by Crippen LogP contribution is -2.10. The zero-order valence-corrected chi connectivity index (χ0v) is 5.99. The van der Waals surface area contributed by atoms with Gasteiger partial charge in [0.1, 0.15) is 0 Å². The second-order valence-electron chi connectivity index (χ2n) is 2.34. The summed E-state index contributed by atoms with van der Waals surface area (Å²) < 4.78 is 0. The van der Waals surface area contributed by atoms with Crippen molar-refractivity contribution in [2.45, 2.75) is 0 Å². The summed E-state index contributed by atoms with van der Waals surface area (Å²) in [7, 11) is 0. The fourth-order valence-corrected chi connectivity index (χ4v) is 1.03. The van der Waals surface area contributed by atoms with Crippen LogP contribution in [0.25, 0.3) is 0 Å². The maximum absolute atomic E-state index is 3.92. The second kappa shape index (κ2) is 2.58. The Labute approximate surface area is 65.3 Å². The van der Waals surface area contributed by atoms with Gasteiger partial charge in [0, 0.05) is 11.8 Å². The Morgan fingerprint density at radius 1 is 1.09 bits per heavy atom. The molecule has 2 aliphatic rings. The van der Waals surface area contributed by atoms with Crippen molar-refractivity contribution < 1.29 is 0 Å². The maximum Gasteiger partial charge on any atom is 0.0634 e. The van der Waals surface area contributed by atoms with Gasteiger partial charge in [0.15, 0.2) is 0 Å². The first kappa shape index (κ1) is 6.16. The van der Waals surface area contributed by atoms with Crippen molar-refractivity contribution in [3.8, 4) is 0 Å². The quantitative estimate of drug-likeness (QED) is 0.547. The molecule has 0 amide bonds. The van der Waals surface area contributed by atoms with E-state index in [2.05, 4.69) is 10.5 Å². The number of hydrazone groups is 1. The van der Waals surface area contributed by atoms with Crippen molar-refractivity contribution in [1.82, 2.24) is 5.43 Å². The molecule has 0 aromatic rings. The Bertz CT molecular complexity index is 304. The molecule has 2 heteroatoms. The monoisotopic (exact) mass is 144 g/mol. The van der Waals surface area contributed by atoms with Crippen molar-refractivity contribution in [3.63, 3.8) is 0 Å². The van der Waals surface area contributed by atoms with Crippen LogP contribution in [0.2, 0.25) is 0 Å². The van der Waals surface area contributed by atoms with Gasteiger partial charge in [-0.3, -0.25) is 5.43 Å². The van der Waals surface area contributed by atoms with E-state index in [1.54, 1.807) is 6.21 Å². The minimum absolute atomic E-state index is 1.05. The van der Waals surface area contributed by atoms with Gasteiger partial charge in [0.2, 0.25) is 0 Å². The van der Waals surface area contributed by atoms with Crippen LogP contribution < -0.4 is 5.43 Å². The predicted octanol–water partition coefficient (Wildman–Crippen LogP) is 1.51.